The van der Waals surface area contributed by atoms with Gasteiger partial charge in [0.1, 0.15) is 5.82 Å². The van der Waals surface area contributed by atoms with Crippen LogP contribution >= 0.6 is 0 Å². The van der Waals surface area contributed by atoms with E-state index in [9.17, 15) is 14.0 Å². The number of halogens is 1. The van der Waals surface area contributed by atoms with E-state index in [-0.39, 0.29) is 29.6 Å². The fraction of sp³-hybridized carbons (Fsp3) is 0.188. The first-order chi connectivity index (χ1) is 20.4. The molecule has 210 valence electrons. The number of hydroxylamine groups is 2. The number of rotatable bonds is 4. The molecule has 0 radical (unpaired) electrons. The van der Waals surface area contributed by atoms with Crippen molar-refractivity contribution in [1.82, 2.24) is 19.9 Å². The van der Waals surface area contributed by atoms with Crippen molar-refractivity contribution in [3.05, 3.63) is 113 Å². The van der Waals surface area contributed by atoms with Gasteiger partial charge >= 0.3 is 6.03 Å². The van der Waals surface area contributed by atoms with Gasteiger partial charge in [-0.3, -0.25) is 9.63 Å². The molecule has 0 unspecified atom stereocenters. The summed E-state index contributed by atoms with van der Waals surface area (Å²) in [5.74, 6) is 5.62. The van der Waals surface area contributed by atoms with Crippen molar-refractivity contribution in [2.75, 3.05) is 30.8 Å². The summed E-state index contributed by atoms with van der Waals surface area (Å²) in [7, 11) is 1.72. The minimum absolute atomic E-state index is 0.129. The molecule has 0 aliphatic carbocycles. The topological polar surface area (TPSA) is 99.7 Å². The molecule has 1 fully saturated rings. The van der Waals surface area contributed by atoms with Crippen molar-refractivity contribution in [3.8, 4) is 11.8 Å². The zero-order chi connectivity index (χ0) is 29.1. The highest BCUT2D eigenvalue weighted by Crippen LogP contribution is 2.31. The van der Waals surface area contributed by atoms with Gasteiger partial charge in [-0.1, -0.05) is 48.2 Å². The second-order valence-electron chi connectivity index (χ2n) is 10.0. The maximum absolute atomic E-state index is 14.7. The number of nitrogens with one attached hydrogen (secondary N) is 2. The molecule has 0 bridgehead atoms. The lowest BCUT2D eigenvalue weighted by Crippen LogP contribution is -2.34. The molecule has 4 aromatic rings. The molecule has 3 heterocycles. The highest BCUT2D eigenvalue weighted by molar-refractivity contribution is 5.97. The van der Waals surface area contributed by atoms with Gasteiger partial charge in [-0.2, -0.15) is 5.06 Å². The Morgan fingerprint density at radius 3 is 2.62 bits per heavy atom. The predicted octanol–water partition coefficient (Wildman–Crippen LogP) is 5.30. The van der Waals surface area contributed by atoms with Crippen LogP contribution in [0.1, 0.15) is 45.1 Å². The molecule has 2 N–H and O–H groups in total. The monoisotopic (exact) mass is 562 g/mol. The molecular weight excluding hydrogens is 535 g/mol. The molecule has 2 aliphatic heterocycles. The maximum atomic E-state index is 14.7. The Hall–Kier alpha value is -5.27. The summed E-state index contributed by atoms with van der Waals surface area (Å²) in [4.78, 5) is 41.1. The van der Waals surface area contributed by atoms with Crippen molar-refractivity contribution in [1.29, 1.82) is 0 Å². The standard InChI is InChI=1S/C32H27FN6O3/c1-38-14-12-24-17-27(33)28(18-26(24)30(38)40)37-31-34-19-22(20-35-31)11-10-21-6-5-9-25(16-21)36-32(41)39-29(13-15-42-39)23-7-3-2-4-8-23/h2-9,16-20,29H,12-15H2,1H3,(H,36,41)(H,34,35,37)/t29-/m0/s1. The molecule has 0 spiro atoms. The van der Waals surface area contributed by atoms with E-state index in [4.69, 9.17) is 4.84 Å². The fourth-order valence-electron chi connectivity index (χ4n) is 4.93. The SMILES string of the molecule is CN1CCc2cc(F)c(Nc3ncc(C#Cc4cccc(NC(=O)N5OCC[C@H]5c5ccccc5)c4)cn3)cc2C1=O. The van der Waals surface area contributed by atoms with Crippen LogP contribution in [0, 0.1) is 17.7 Å². The van der Waals surface area contributed by atoms with Gasteiger partial charge in [-0.05, 0) is 47.9 Å². The van der Waals surface area contributed by atoms with Crippen molar-refractivity contribution < 1.29 is 18.8 Å². The number of benzene rings is 3. The average Bonchev–Trinajstić information content (AvgIpc) is 3.51. The van der Waals surface area contributed by atoms with Crippen LogP contribution in [0.5, 0.6) is 0 Å². The number of carbonyl (C=O) groups is 2. The van der Waals surface area contributed by atoms with E-state index in [0.717, 1.165) is 12.0 Å². The fourth-order valence-corrected chi connectivity index (χ4v) is 4.93. The Bertz CT molecular complexity index is 1700. The largest absolute Gasteiger partial charge is 0.346 e. The molecule has 2 aliphatic rings. The number of hydrogen-bond donors (Lipinski definition) is 2. The summed E-state index contributed by atoms with van der Waals surface area (Å²) in [6.45, 7) is 1.03. The van der Waals surface area contributed by atoms with Crippen LogP contribution in [-0.2, 0) is 11.3 Å². The molecule has 6 rings (SSSR count). The van der Waals surface area contributed by atoms with E-state index >= 15 is 0 Å². The Morgan fingerprint density at radius 2 is 1.81 bits per heavy atom. The lowest BCUT2D eigenvalue weighted by molar-refractivity contribution is -0.0829. The number of carbonyl (C=O) groups excluding carboxylic acids is 2. The molecule has 9 nitrogen and oxygen atoms in total. The van der Waals surface area contributed by atoms with Gasteiger partial charge in [-0.25, -0.2) is 19.2 Å². The Kier molecular flexibility index (Phi) is 7.49. The van der Waals surface area contributed by atoms with Gasteiger partial charge in [0.2, 0.25) is 5.95 Å². The van der Waals surface area contributed by atoms with Gasteiger partial charge < -0.3 is 15.5 Å². The first kappa shape index (κ1) is 26.9. The van der Waals surface area contributed by atoms with Gasteiger partial charge in [0, 0.05) is 49.2 Å². The van der Waals surface area contributed by atoms with Crippen LogP contribution in [0.15, 0.2) is 79.1 Å². The highest BCUT2D eigenvalue weighted by atomic mass is 19.1. The summed E-state index contributed by atoms with van der Waals surface area (Å²) in [5, 5.41) is 7.12. The van der Waals surface area contributed by atoms with E-state index in [1.807, 2.05) is 36.4 Å². The number of fused-ring (bicyclic) bond motifs is 1. The van der Waals surface area contributed by atoms with E-state index in [1.54, 1.807) is 30.1 Å². The molecule has 0 saturated carbocycles. The number of amides is 3. The molecule has 42 heavy (non-hydrogen) atoms. The highest BCUT2D eigenvalue weighted by Gasteiger charge is 2.31. The van der Waals surface area contributed by atoms with E-state index in [1.165, 1.54) is 29.6 Å². The van der Waals surface area contributed by atoms with Crippen LogP contribution in [0.3, 0.4) is 0 Å². The zero-order valence-electron chi connectivity index (χ0n) is 22.8. The maximum Gasteiger partial charge on any atom is 0.346 e. The number of nitrogens with zero attached hydrogens (tertiary/aromatic N) is 4. The molecule has 1 saturated heterocycles. The van der Waals surface area contributed by atoms with Crippen molar-refractivity contribution in [2.45, 2.75) is 18.9 Å². The van der Waals surface area contributed by atoms with Crippen molar-refractivity contribution in [3.63, 3.8) is 0 Å². The van der Waals surface area contributed by atoms with Gasteiger partial charge in [0.05, 0.1) is 23.9 Å². The van der Waals surface area contributed by atoms with Crippen LogP contribution in [-0.4, -0.2) is 52.1 Å². The van der Waals surface area contributed by atoms with Gasteiger partial charge in [0.15, 0.2) is 0 Å². The average molecular weight is 563 g/mol. The third-order valence-corrected chi connectivity index (χ3v) is 7.14. The first-order valence-corrected chi connectivity index (χ1v) is 13.5. The minimum Gasteiger partial charge on any atom is -0.341 e. The normalized spacial score (nSPS) is 16.0. The lowest BCUT2D eigenvalue weighted by Gasteiger charge is -2.25. The lowest BCUT2D eigenvalue weighted by atomic mass is 9.98. The van der Waals surface area contributed by atoms with Crippen LogP contribution in [0.25, 0.3) is 0 Å². The molecule has 1 atom stereocenters. The summed E-state index contributed by atoms with van der Waals surface area (Å²) in [5.41, 5.74) is 4.13. The van der Waals surface area contributed by atoms with Crippen molar-refractivity contribution >= 4 is 29.3 Å². The van der Waals surface area contributed by atoms with Crippen molar-refractivity contribution in [2.24, 2.45) is 0 Å². The second kappa shape index (κ2) is 11.7. The first-order valence-electron chi connectivity index (χ1n) is 13.5. The third kappa shape index (κ3) is 5.77. The molecule has 1 aromatic heterocycles. The number of hydrogen-bond acceptors (Lipinski definition) is 6. The third-order valence-electron chi connectivity index (χ3n) is 7.14. The Labute approximate surface area is 242 Å². The number of urea groups is 1. The summed E-state index contributed by atoms with van der Waals surface area (Å²) >= 11 is 0. The number of anilines is 3. The number of likely N-dealkylation sites (N-methyl/N-ethyl adjacent to an activating group) is 1. The Morgan fingerprint density at radius 1 is 1.02 bits per heavy atom. The summed E-state index contributed by atoms with van der Waals surface area (Å²) < 4.78 is 14.7. The van der Waals surface area contributed by atoms with Gasteiger partial charge in [0.25, 0.3) is 5.91 Å². The zero-order valence-corrected chi connectivity index (χ0v) is 22.8. The van der Waals surface area contributed by atoms with E-state index in [2.05, 4.69) is 32.4 Å². The van der Waals surface area contributed by atoms with Crippen LogP contribution < -0.4 is 10.6 Å². The van der Waals surface area contributed by atoms with E-state index < -0.39 is 5.82 Å². The summed E-state index contributed by atoms with van der Waals surface area (Å²) in [6.07, 6.45) is 4.38. The Balaban J connectivity index is 1.11. The minimum atomic E-state index is -0.475. The quantitative estimate of drug-likeness (QED) is 0.328. The van der Waals surface area contributed by atoms with Crippen LogP contribution in [0.2, 0.25) is 0 Å². The second-order valence-corrected chi connectivity index (χ2v) is 10.0. The van der Waals surface area contributed by atoms with E-state index in [0.29, 0.717) is 47.5 Å². The smallest absolute Gasteiger partial charge is 0.341 e. The number of aromatic nitrogens is 2. The molecule has 3 amide bonds. The molecule has 10 heteroatoms. The molecular formula is C32H27FN6O3. The van der Waals surface area contributed by atoms with Crippen LogP contribution in [0.4, 0.5) is 26.5 Å². The summed E-state index contributed by atoms with van der Waals surface area (Å²) in [6, 6.07) is 19.4. The molecule has 3 aromatic carbocycles. The van der Waals surface area contributed by atoms with Gasteiger partial charge in [-0.15, -0.1) is 0 Å². The predicted molar refractivity (Wildman–Crippen MR) is 155 cm³/mol.